The van der Waals surface area contributed by atoms with E-state index in [2.05, 4.69) is 11.8 Å². The Morgan fingerprint density at radius 2 is 2.24 bits per heavy atom. The minimum absolute atomic E-state index is 0.0938. The van der Waals surface area contributed by atoms with Crippen LogP contribution in [0.2, 0.25) is 5.02 Å². The van der Waals surface area contributed by atoms with Crippen LogP contribution in [0.3, 0.4) is 0 Å². The summed E-state index contributed by atoms with van der Waals surface area (Å²) in [4.78, 5) is 2.22. The molecule has 1 aliphatic heterocycles. The maximum absolute atomic E-state index is 13.5. The monoisotopic (exact) mass is 256 g/mol. The van der Waals surface area contributed by atoms with Gasteiger partial charge < -0.3 is 10.6 Å². The first-order valence-corrected chi connectivity index (χ1v) is 6.52. The van der Waals surface area contributed by atoms with E-state index in [0.717, 1.165) is 31.5 Å². The van der Waals surface area contributed by atoms with E-state index in [1.54, 1.807) is 0 Å². The Bertz CT molecular complexity index is 409. The number of nitrogen functional groups attached to an aromatic ring is 1. The molecular weight excluding hydrogens is 239 g/mol. The van der Waals surface area contributed by atoms with E-state index in [4.69, 9.17) is 17.3 Å². The van der Waals surface area contributed by atoms with Crippen molar-refractivity contribution in [1.29, 1.82) is 0 Å². The van der Waals surface area contributed by atoms with Gasteiger partial charge in [0, 0.05) is 18.7 Å². The van der Waals surface area contributed by atoms with Gasteiger partial charge in [0.15, 0.2) is 0 Å². The van der Waals surface area contributed by atoms with Gasteiger partial charge in [-0.05, 0) is 31.7 Å². The Morgan fingerprint density at radius 1 is 1.47 bits per heavy atom. The van der Waals surface area contributed by atoms with Crippen LogP contribution in [0.1, 0.15) is 32.6 Å². The standard InChI is InChI=1S/C13H18ClFN2/c1-2-9-5-3-4-6-17(9)13-8-11(15)10(14)7-12(13)16/h7-9H,2-6,16H2,1H3. The van der Waals surface area contributed by atoms with Crippen LogP contribution in [0.25, 0.3) is 0 Å². The molecule has 1 aliphatic rings. The van der Waals surface area contributed by atoms with Crippen LogP contribution in [0.15, 0.2) is 12.1 Å². The van der Waals surface area contributed by atoms with E-state index < -0.39 is 5.82 Å². The van der Waals surface area contributed by atoms with Gasteiger partial charge in [0.2, 0.25) is 0 Å². The molecule has 94 valence electrons. The lowest BCUT2D eigenvalue weighted by molar-refractivity contribution is 0.449. The molecule has 2 rings (SSSR count). The number of benzene rings is 1. The van der Waals surface area contributed by atoms with Gasteiger partial charge in [-0.15, -0.1) is 0 Å². The van der Waals surface area contributed by atoms with Crippen molar-refractivity contribution in [2.75, 3.05) is 17.2 Å². The summed E-state index contributed by atoms with van der Waals surface area (Å²) in [6, 6.07) is 3.44. The van der Waals surface area contributed by atoms with Crippen LogP contribution in [0, 0.1) is 5.82 Å². The fraction of sp³-hybridized carbons (Fsp3) is 0.538. The second-order valence-corrected chi connectivity index (χ2v) is 4.98. The fourth-order valence-electron chi connectivity index (χ4n) is 2.54. The van der Waals surface area contributed by atoms with Crippen LogP contribution in [-0.4, -0.2) is 12.6 Å². The zero-order valence-electron chi connectivity index (χ0n) is 10.0. The van der Waals surface area contributed by atoms with E-state index in [1.165, 1.54) is 18.6 Å². The van der Waals surface area contributed by atoms with Crippen LogP contribution in [0.4, 0.5) is 15.8 Å². The summed E-state index contributed by atoms with van der Waals surface area (Å²) in [5.74, 6) is -0.392. The van der Waals surface area contributed by atoms with Crippen molar-refractivity contribution in [2.45, 2.75) is 38.6 Å². The predicted molar refractivity (Wildman–Crippen MR) is 71.1 cm³/mol. The number of rotatable bonds is 2. The van der Waals surface area contributed by atoms with Crippen molar-refractivity contribution in [3.05, 3.63) is 23.0 Å². The molecule has 0 radical (unpaired) electrons. The summed E-state index contributed by atoms with van der Waals surface area (Å²) in [5.41, 5.74) is 7.30. The predicted octanol–water partition coefficient (Wildman–Crippen LogP) is 3.83. The Labute approximate surface area is 107 Å². The Balaban J connectivity index is 2.34. The maximum Gasteiger partial charge on any atom is 0.144 e. The van der Waals surface area contributed by atoms with E-state index >= 15 is 0 Å². The molecule has 1 aromatic rings. The molecule has 0 bridgehead atoms. The number of anilines is 2. The van der Waals surface area contributed by atoms with Gasteiger partial charge >= 0.3 is 0 Å². The molecule has 1 unspecified atom stereocenters. The summed E-state index contributed by atoms with van der Waals surface area (Å²) in [6.07, 6.45) is 4.59. The van der Waals surface area contributed by atoms with Gasteiger partial charge in [0.05, 0.1) is 16.4 Å². The second kappa shape index (κ2) is 5.13. The van der Waals surface area contributed by atoms with Crippen molar-refractivity contribution >= 4 is 23.0 Å². The quantitative estimate of drug-likeness (QED) is 0.815. The summed E-state index contributed by atoms with van der Waals surface area (Å²) in [7, 11) is 0. The summed E-state index contributed by atoms with van der Waals surface area (Å²) >= 11 is 5.72. The Hall–Kier alpha value is -0.960. The minimum atomic E-state index is -0.392. The summed E-state index contributed by atoms with van der Waals surface area (Å²) < 4.78 is 13.5. The molecule has 17 heavy (non-hydrogen) atoms. The van der Waals surface area contributed by atoms with Crippen LogP contribution in [-0.2, 0) is 0 Å². The van der Waals surface area contributed by atoms with E-state index in [0.29, 0.717) is 11.7 Å². The minimum Gasteiger partial charge on any atom is -0.397 e. The van der Waals surface area contributed by atoms with E-state index in [1.807, 2.05) is 0 Å². The third kappa shape index (κ3) is 2.49. The van der Waals surface area contributed by atoms with E-state index in [9.17, 15) is 4.39 Å². The molecule has 0 spiro atoms. The molecule has 0 aromatic heterocycles. The Kier molecular flexibility index (Phi) is 3.77. The maximum atomic E-state index is 13.5. The summed E-state index contributed by atoms with van der Waals surface area (Å²) in [6.45, 7) is 3.11. The molecule has 0 saturated carbocycles. The van der Waals surface area contributed by atoms with Crippen molar-refractivity contribution in [2.24, 2.45) is 0 Å². The lowest BCUT2D eigenvalue weighted by atomic mass is 9.99. The normalized spacial score (nSPS) is 20.6. The topological polar surface area (TPSA) is 29.3 Å². The van der Waals surface area contributed by atoms with Crippen LogP contribution in [0.5, 0.6) is 0 Å². The third-order valence-electron chi connectivity index (χ3n) is 3.48. The fourth-order valence-corrected chi connectivity index (χ4v) is 2.71. The van der Waals surface area contributed by atoms with Gasteiger partial charge in [0.1, 0.15) is 5.82 Å². The highest BCUT2D eigenvalue weighted by Crippen LogP contribution is 2.34. The number of hydrogen-bond acceptors (Lipinski definition) is 2. The first-order valence-electron chi connectivity index (χ1n) is 6.14. The molecule has 2 nitrogen and oxygen atoms in total. The zero-order valence-corrected chi connectivity index (χ0v) is 10.8. The van der Waals surface area contributed by atoms with Gasteiger partial charge in [0.25, 0.3) is 0 Å². The highest BCUT2D eigenvalue weighted by atomic mass is 35.5. The number of nitrogens with zero attached hydrogens (tertiary/aromatic N) is 1. The molecule has 0 amide bonds. The second-order valence-electron chi connectivity index (χ2n) is 4.58. The smallest absolute Gasteiger partial charge is 0.144 e. The molecule has 1 heterocycles. The highest BCUT2D eigenvalue weighted by Gasteiger charge is 2.23. The van der Waals surface area contributed by atoms with Crippen LogP contribution >= 0.6 is 11.6 Å². The molecular formula is C13H18ClFN2. The first kappa shape index (κ1) is 12.5. The number of hydrogen-bond donors (Lipinski definition) is 1. The summed E-state index contributed by atoms with van der Waals surface area (Å²) in [5, 5.41) is 0.0938. The van der Waals surface area contributed by atoms with Gasteiger partial charge in [-0.1, -0.05) is 18.5 Å². The van der Waals surface area contributed by atoms with Crippen molar-refractivity contribution in [3.8, 4) is 0 Å². The number of nitrogens with two attached hydrogens (primary N) is 1. The van der Waals surface area contributed by atoms with Gasteiger partial charge in [-0.3, -0.25) is 0 Å². The molecule has 4 heteroatoms. The highest BCUT2D eigenvalue weighted by molar-refractivity contribution is 6.31. The lowest BCUT2D eigenvalue weighted by Crippen LogP contribution is -2.39. The van der Waals surface area contributed by atoms with Crippen LogP contribution < -0.4 is 10.6 Å². The first-order chi connectivity index (χ1) is 8.13. The number of piperidine rings is 1. The lowest BCUT2D eigenvalue weighted by Gasteiger charge is -2.37. The van der Waals surface area contributed by atoms with Gasteiger partial charge in [-0.25, -0.2) is 4.39 Å². The zero-order chi connectivity index (χ0) is 12.4. The molecule has 0 aliphatic carbocycles. The van der Waals surface area contributed by atoms with Crippen molar-refractivity contribution in [1.82, 2.24) is 0 Å². The molecule has 1 fully saturated rings. The SMILES string of the molecule is CCC1CCCCN1c1cc(F)c(Cl)cc1N. The molecule has 1 aromatic carbocycles. The van der Waals surface area contributed by atoms with E-state index in [-0.39, 0.29) is 5.02 Å². The van der Waals surface area contributed by atoms with Crippen molar-refractivity contribution in [3.63, 3.8) is 0 Å². The largest absolute Gasteiger partial charge is 0.397 e. The average Bonchev–Trinajstić information content (AvgIpc) is 2.34. The average molecular weight is 257 g/mol. The Morgan fingerprint density at radius 3 is 2.94 bits per heavy atom. The van der Waals surface area contributed by atoms with Crippen molar-refractivity contribution < 1.29 is 4.39 Å². The molecule has 1 atom stereocenters. The van der Waals surface area contributed by atoms with Gasteiger partial charge in [-0.2, -0.15) is 0 Å². The molecule has 2 N–H and O–H groups in total. The molecule has 1 saturated heterocycles. The number of halogens is 2. The third-order valence-corrected chi connectivity index (χ3v) is 3.77.